The minimum atomic E-state index is 0.536. The summed E-state index contributed by atoms with van der Waals surface area (Å²) in [6, 6.07) is 11.2. The molecule has 134 valence electrons. The maximum atomic E-state index is 4.43. The standard InChI is InChI=1S/C18H27N7/c1-19-18(20-11-17-21-14-22-24(17)3)25-10-9-16(13-25)23(2)12-15-7-5-4-6-8-15/h4-8,14,16H,9-13H2,1-3H3,(H,19,20). The highest BCUT2D eigenvalue weighted by molar-refractivity contribution is 5.80. The Hall–Kier alpha value is -2.41. The Labute approximate surface area is 149 Å². The molecule has 2 heterocycles. The normalized spacial score (nSPS) is 18.2. The molecule has 1 unspecified atom stereocenters. The van der Waals surface area contributed by atoms with E-state index in [4.69, 9.17) is 0 Å². The van der Waals surface area contributed by atoms with Crippen molar-refractivity contribution in [1.29, 1.82) is 0 Å². The number of guanidine groups is 1. The molecule has 0 aliphatic carbocycles. The molecule has 1 saturated heterocycles. The predicted molar refractivity (Wildman–Crippen MR) is 99.1 cm³/mol. The monoisotopic (exact) mass is 341 g/mol. The maximum Gasteiger partial charge on any atom is 0.194 e. The Morgan fingerprint density at radius 2 is 2.16 bits per heavy atom. The van der Waals surface area contributed by atoms with E-state index in [1.165, 1.54) is 5.56 Å². The van der Waals surface area contributed by atoms with Gasteiger partial charge in [-0.25, -0.2) is 4.98 Å². The molecule has 25 heavy (non-hydrogen) atoms. The van der Waals surface area contributed by atoms with E-state index in [1.54, 1.807) is 11.0 Å². The number of rotatable bonds is 5. The fourth-order valence-corrected chi connectivity index (χ4v) is 3.27. The Balaban J connectivity index is 1.52. The van der Waals surface area contributed by atoms with E-state index >= 15 is 0 Å². The molecule has 3 rings (SSSR count). The summed E-state index contributed by atoms with van der Waals surface area (Å²) in [5, 5.41) is 7.50. The number of benzene rings is 1. The zero-order valence-electron chi connectivity index (χ0n) is 15.3. The van der Waals surface area contributed by atoms with Crippen LogP contribution in [0.25, 0.3) is 0 Å². The minimum absolute atomic E-state index is 0.536. The molecule has 7 heteroatoms. The molecule has 0 spiro atoms. The lowest BCUT2D eigenvalue weighted by Crippen LogP contribution is -2.42. The zero-order valence-corrected chi connectivity index (χ0v) is 15.3. The van der Waals surface area contributed by atoms with E-state index in [0.29, 0.717) is 12.6 Å². The van der Waals surface area contributed by atoms with Crippen molar-refractivity contribution in [2.75, 3.05) is 27.2 Å². The molecular weight excluding hydrogens is 314 g/mol. The van der Waals surface area contributed by atoms with Crippen molar-refractivity contribution < 1.29 is 0 Å². The molecule has 0 amide bonds. The molecule has 1 atom stereocenters. The topological polar surface area (TPSA) is 61.6 Å². The summed E-state index contributed by atoms with van der Waals surface area (Å²) in [5.41, 5.74) is 1.35. The molecule has 0 saturated carbocycles. The first-order chi connectivity index (χ1) is 12.2. The molecule has 1 N–H and O–H groups in total. The smallest absolute Gasteiger partial charge is 0.194 e. The van der Waals surface area contributed by atoms with Crippen LogP contribution in [0.1, 0.15) is 17.8 Å². The first-order valence-corrected chi connectivity index (χ1v) is 8.70. The van der Waals surface area contributed by atoms with Gasteiger partial charge in [-0.1, -0.05) is 30.3 Å². The SMILES string of the molecule is CN=C(NCc1ncnn1C)N1CCC(N(C)Cc2ccccc2)C1. The highest BCUT2D eigenvalue weighted by Crippen LogP contribution is 2.17. The van der Waals surface area contributed by atoms with E-state index < -0.39 is 0 Å². The Morgan fingerprint density at radius 1 is 1.36 bits per heavy atom. The summed E-state index contributed by atoms with van der Waals surface area (Å²) in [4.78, 5) is 13.4. The third kappa shape index (κ3) is 4.36. The van der Waals surface area contributed by atoms with Crippen LogP contribution in [0.4, 0.5) is 0 Å². The molecule has 0 bridgehead atoms. The van der Waals surface area contributed by atoms with Crippen LogP contribution in [-0.4, -0.2) is 63.8 Å². The van der Waals surface area contributed by atoms with Crippen LogP contribution in [0.2, 0.25) is 0 Å². The van der Waals surface area contributed by atoms with Gasteiger partial charge in [-0.2, -0.15) is 5.10 Å². The molecule has 7 nitrogen and oxygen atoms in total. The third-order valence-corrected chi connectivity index (χ3v) is 4.78. The number of aliphatic imine (C=N–C) groups is 1. The van der Waals surface area contributed by atoms with Gasteiger partial charge >= 0.3 is 0 Å². The number of hydrogen-bond donors (Lipinski definition) is 1. The van der Waals surface area contributed by atoms with Gasteiger partial charge in [0.1, 0.15) is 12.2 Å². The fourth-order valence-electron chi connectivity index (χ4n) is 3.27. The van der Waals surface area contributed by atoms with E-state index in [2.05, 4.69) is 67.6 Å². The fraction of sp³-hybridized carbons (Fsp3) is 0.500. The first-order valence-electron chi connectivity index (χ1n) is 8.70. The molecule has 0 radical (unpaired) electrons. The number of aryl methyl sites for hydroxylation is 1. The van der Waals surface area contributed by atoms with Crippen molar-refractivity contribution in [2.24, 2.45) is 12.0 Å². The number of aromatic nitrogens is 3. The lowest BCUT2D eigenvalue weighted by Gasteiger charge is -2.26. The molecule has 1 aliphatic rings. The van der Waals surface area contributed by atoms with Crippen molar-refractivity contribution >= 4 is 5.96 Å². The Bertz CT molecular complexity index is 694. The van der Waals surface area contributed by atoms with Gasteiger partial charge in [-0.15, -0.1) is 0 Å². The van der Waals surface area contributed by atoms with Crippen LogP contribution in [0.15, 0.2) is 41.7 Å². The highest BCUT2D eigenvalue weighted by atomic mass is 15.4. The Morgan fingerprint density at radius 3 is 2.84 bits per heavy atom. The number of likely N-dealkylation sites (N-methyl/N-ethyl adjacent to an activating group) is 1. The molecule has 1 aliphatic heterocycles. The number of nitrogens with one attached hydrogen (secondary N) is 1. The van der Waals surface area contributed by atoms with Crippen LogP contribution in [0, 0.1) is 0 Å². The van der Waals surface area contributed by atoms with Gasteiger partial charge in [-0.05, 0) is 19.0 Å². The predicted octanol–water partition coefficient (Wildman–Crippen LogP) is 1.10. The average molecular weight is 341 g/mol. The minimum Gasteiger partial charge on any atom is -0.349 e. The van der Waals surface area contributed by atoms with Crippen molar-refractivity contribution in [3.8, 4) is 0 Å². The number of likely N-dealkylation sites (tertiary alicyclic amines) is 1. The largest absolute Gasteiger partial charge is 0.349 e. The van der Waals surface area contributed by atoms with Crippen LogP contribution in [-0.2, 0) is 20.1 Å². The van der Waals surface area contributed by atoms with Crippen molar-refractivity contribution in [3.05, 3.63) is 48.0 Å². The van der Waals surface area contributed by atoms with E-state index in [1.807, 2.05) is 14.1 Å². The molecule has 1 aromatic heterocycles. The lowest BCUT2D eigenvalue weighted by atomic mass is 10.1. The Kier molecular flexibility index (Phi) is 5.65. The van der Waals surface area contributed by atoms with Crippen LogP contribution in [0.3, 0.4) is 0 Å². The summed E-state index contributed by atoms with van der Waals surface area (Å²) in [6.45, 7) is 3.61. The molecule has 2 aromatic rings. The summed E-state index contributed by atoms with van der Waals surface area (Å²) in [5.74, 6) is 1.83. The van der Waals surface area contributed by atoms with Crippen molar-refractivity contribution in [2.45, 2.75) is 25.6 Å². The molecule has 1 fully saturated rings. The van der Waals surface area contributed by atoms with E-state index in [0.717, 1.165) is 37.8 Å². The summed E-state index contributed by atoms with van der Waals surface area (Å²) in [7, 11) is 5.94. The quantitative estimate of drug-likeness (QED) is 0.652. The van der Waals surface area contributed by atoms with Gasteiger partial charge in [0.25, 0.3) is 0 Å². The van der Waals surface area contributed by atoms with Crippen molar-refractivity contribution in [3.63, 3.8) is 0 Å². The summed E-state index contributed by atoms with van der Waals surface area (Å²) in [6.07, 6.45) is 2.72. The average Bonchev–Trinajstić information content (AvgIpc) is 3.26. The zero-order chi connectivity index (χ0) is 17.6. The molecule has 1 aromatic carbocycles. The van der Waals surface area contributed by atoms with Gasteiger partial charge in [-0.3, -0.25) is 14.6 Å². The van der Waals surface area contributed by atoms with Crippen LogP contribution < -0.4 is 5.32 Å². The maximum absolute atomic E-state index is 4.43. The lowest BCUT2D eigenvalue weighted by molar-refractivity contribution is 0.240. The second-order valence-electron chi connectivity index (χ2n) is 6.49. The summed E-state index contributed by atoms with van der Waals surface area (Å²) < 4.78 is 1.78. The summed E-state index contributed by atoms with van der Waals surface area (Å²) >= 11 is 0. The number of hydrogen-bond acceptors (Lipinski definition) is 4. The van der Waals surface area contributed by atoms with Crippen molar-refractivity contribution in [1.82, 2.24) is 29.9 Å². The molecular formula is C18H27N7. The van der Waals surface area contributed by atoms with Gasteiger partial charge in [0.05, 0.1) is 6.54 Å². The van der Waals surface area contributed by atoms with E-state index in [-0.39, 0.29) is 0 Å². The van der Waals surface area contributed by atoms with Gasteiger partial charge < -0.3 is 10.2 Å². The van der Waals surface area contributed by atoms with E-state index in [9.17, 15) is 0 Å². The third-order valence-electron chi connectivity index (χ3n) is 4.78. The van der Waals surface area contributed by atoms with Crippen LogP contribution >= 0.6 is 0 Å². The van der Waals surface area contributed by atoms with Crippen LogP contribution in [0.5, 0.6) is 0 Å². The highest BCUT2D eigenvalue weighted by Gasteiger charge is 2.27. The van der Waals surface area contributed by atoms with Gasteiger partial charge in [0.2, 0.25) is 0 Å². The van der Waals surface area contributed by atoms with Gasteiger partial charge in [0.15, 0.2) is 5.96 Å². The number of nitrogens with zero attached hydrogens (tertiary/aromatic N) is 6. The van der Waals surface area contributed by atoms with Gasteiger partial charge in [0, 0.05) is 39.8 Å². The second kappa shape index (κ2) is 8.11. The second-order valence-corrected chi connectivity index (χ2v) is 6.49. The first kappa shape index (κ1) is 17.4.